The van der Waals surface area contributed by atoms with Crippen molar-refractivity contribution in [3.63, 3.8) is 0 Å². The fourth-order valence-electron chi connectivity index (χ4n) is 9.54. The Morgan fingerprint density at radius 1 is 0.855 bits per heavy atom. The van der Waals surface area contributed by atoms with Gasteiger partial charge in [0.05, 0.1) is 78.0 Å². The molecule has 1 aromatic rings. The number of halogens is 1. The predicted molar refractivity (Wildman–Crippen MR) is 279 cm³/mol. The number of esters is 1. The van der Waals surface area contributed by atoms with E-state index in [0.29, 0.717) is 96.1 Å². The number of nitrogens with one attached hydrogen (secondary N) is 3. The van der Waals surface area contributed by atoms with Crippen LogP contribution >= 0.6 is 11.6 Å². The second-order valence-electron chi connectivity index (χ2n) is 19.9. The Morgan fingerprint density at radius 2 is 1.49 bits per heavy atom. The minimum atomic E-state index is -1.78. The molecular formula is C54H78ClN5O16. The van der Waals surface area contributed by atoms with Crippen molar-refractivity contribution in [2.75, 3.05) is 98.7 Å². The van der Waals surface area contributed by atoms with Gasteiger partial charge in [-0.3, -0.25) is 39.0 Å². The van der Waals surface area contributed by atoms with E-state index < -0.39 is 53.8 Å². The van der Waals surface area contributed by atoms with Gasteiger partial charge >= 0.3 is 12.1 Å². The quantitative estimate of drug-likeness (QED) is 0.0638. The maximum Gasteiger partial charge on any atom is 0.409 e. The number of anilines is 1. The number of hydrogen-bond donors (Lipinski definition) is 4. The van der Waals surface area contributed by atoms with Crippen LogP contribution in [0.5, 0.6) is 5.75 Å². The zero-order chi connectivity index (χ0) is 55.2. The van der Waals surface area contributed by atoms with Crippen molar-refractivity contribution in [1.29, 1.82) is 0 Å². The lowest BCUT2D eigenvalue weighted by Gasteiger charge is -2.42. The highest BCUT2D eigenvalue weighted by atomic mass is 35.5. The van der Waals surface area contributed by atoms with Crippen molar-refractivity contribution in [2.24, 2.45) is 23.7 Å². The van der Waals surface area contributed by atoms with Crippen molar-refractivity contribution in [2.45, 2.75) is 109 Å². The molecule has 1 aromatic carbocycles. The van der Waals surface area contributed by atoms with Gasteiger partial charge in [-0.25, -0.2) is 4.79 Å². The third-order valence-electron chi connectivity index (χ3n) is 14.0. The number of carbonyl (C=O) groups is 7. The summed E-state index contributed by atoms with van der Waals surface area (Å²) in [5.74, 6) is -2.53. The molecular weight excluding hydrogens is 1010 g/mol. The molecule has 2 fully saturated rings. The molecule has 21 nitrogen and oxygen atoms in total. The van der Waals surface area contributed by atoms with Gasteiger partial charge in [0.1, 0.15) is 29.1 Å². The van der Waals surface area contributed by atoms with Gasteiger partial charge in [-0.1, -0.05) is 49.2 Å². The SMILES string of the molecule is COc1cc2cc(c1Cl)N(C)C(=O)C[C@H](OC(=O)C1CCC(CNC(=O)CCOCCOCCOCCOCCNC(=O)CCN3C(=O)C=CC3=O)CC1)[C@@H](C)C[C@H](C)[C@@H]1C[C@@](O)(NC(=O)O1)C(OC)/C=C/C=C(\C)C2. The number of benzene rings is 1. The van der Waals surface area contributed by atoms with Gasteiger partial charge < -0.3 is 58.5 Å². The van der Waals surface area contributed by atoms with Crippen LogP contribution in [0, 0.1) is 23.7 Å². The van der Waals surface area contributed by atoms with E-state index in [4.69, 9.17) is 49.5 Å². The number of methoxy groups -OCH3 is 2. The summed E-state index contributed by atoms with van der Waals surface area (Å²) in [4.78, 5) is 91.3. The van der Waals surface area contributed by atoms with Crippen molar-refractivity contribution in [3.05, 3.63) is 58.7 Å². The van der Waals surface area contributed by atoms with Crippen LogP contribution in [-0.4, -0.2) is 169 Å². The molecule has 0 spiro atoms. The third-order valence-corrected chi connectivity index (χ3v) is 14.4. The summed E-state index contributed by atoms with van der Waals surface area (Å²) >= 11 is 6.82. The van der Waals surface area contributed by atoms with E-state index in [1.165, 1.54) is 31.3 Å². The Morgan fingerprint density at radius 3 is 2.13 bits per heavy atom. The first-order chi connectivity index (χ1) is 36.4. The molecule has 76 heavy (non-hydrogen) atoms. The predicted octanol–water partition coefficient (Wildman–Crippen LogP) is 4.35. The van der Waals surface area contributed by atoms with Crippen LogP contribution in [-0.2, 0) is 68.3 Å². The maximum atomic E-state index is 14.2. The Hall–Kier alpha value is -5.42. The number of amides is 6. The number of nitrogens with zero attached hydrogens (tertiary/aromatic N) is 2. The highest BCUT2D eigenvalue weighted by Gasteiger charge is 2.47. The zero-order valence-electron chi connectivity index (χ0n) is 44.8. The van der Waals surface area contributed by atoms with Gasteiger partial charge in [0.25, 0.3) is 11.8 Å². The van der Waals surface area contributed by atoms with Crippen molar-refractivity contribution < 1.29 is 76.6 Å². The number of ether oxygens (including phenoxy) is 8. The number of fused-ring (bicyclic) bond motifs is 4. The van der Waals surface area contributed by atoms with Crippen LogP contribution in [0.4, 0.5) is 10.5 Å². The summed E-state index contributed by atoms with van der Waals surface area (Å²) in [6.07, 6.45) is 7.84. The fraction of sp³-hybridized carbons (Fsp3) is 0.648. The van der Waals surface area contributed by atoms with Crippen LogP contribution in [0.1, 0.15) is 84.1 Å². The van der Waals surface area contributed by atoms with Gasteiger partial charge in [0.15, 0.2) is 5.72 Å². The number of alkyl carbamates (subject to hydrolysis) is 1. The summed E-state index contributed by atoms with van der Waals surface area (Å²) in [5.41, 5.74) is 0.431. The summed E-state index contributed by atoms with van der Waals surface area (Å²) in [5, 5.41) is 20.3. The van der Waals surface area contributed by atoms with E-state index in [2.05, 4.69) is 16.0 Å². The van der Waals surface area contributed by atoms with E-state index in [9.17, 15) is 38.7 Å². The van der Waals surface area contributed by atoms with Crippen LogP contribution in [0.25, 0.3) is 0 Å². The highest BCUT2D eigenvalue weighted by Crippen LogP contribution is 2.38. The molecule has 3 aliphatic heterocycles. The monoisotopic (exact) mass is 1090 g/mol. The van der Waals surface area contributed by atoms with Gasteiger partial charge in [-0.05, 0) is 80.9 Å². The Balaban J connectivity index is 1.01. The number of aliphatic hydroxyl groups is 1. The summed E-state index contributed by atoms with van der Waals surface area (Å²) in [6.45, 7) is 9.07. The number of allylic oxidation sites excluding steroid dienone is 3. The second-order valence-corrected chi connectivity index (χ2v) is 20.2. The minimum absolute atomic E-state index is 0.0187. The van der Waals surface area contributed by atoms with Gasteiger partial charge in [0.2, 0.25) is 17.7 Å². The second kappa shape index (κ2) is 31.1. The van der Waals surface area contributed by atoms with Crippen LogP contribution < -0.4 is 25.6 Å². The summed E-state index contributed by atoms with van der Waals surface area (Å²) < 4.78 is 45.3. The molecule has 22 heteroatoms. The van der Waals surface area contributed by atoms with Crippen molar-refractivity contribution in [1.82, 2.24) is 20.9 Å². The molecule has 4 N–H and O–H groups in total. The topological polar surface area (TPSA) is 256 Å². The van der Waals surface area contributed by atoms with Gasteiger partial charge in [-0.15, -0.1) is 0 Å². The minimum Gasteiger partial charge on any atom is -0.495 e. The first kappa shape index (κ1) is 61.4. The lowest BCUT2D eigenvalue weighted by molar-refractivity contribution is -0.160. The fourth-order valence-corrected chi connectivity index (χ4v) is 9.86. The molecule has 6 atom stereocenters. The molecule has 1 saturated carbocycles. The molecule has 0 radical (unpaired) electrons. The zero-order valence-corrected chi connectivity index (χ0v) is 45.5. The van der Waals surface area contributed by atoms with Crippen molar-refractivity contribution >= 4 is 58.9 Å². The Labute approximate surface area is 450 Å². The lowest BCUT2D eigenvalue weighted by atomic mass is 9.81. The maximum absolute atomic E-state index is 14.2. The largest absolute Gasteiger partial charge is 0.495 e. The van der Waals surface area contributed by atoms with E-state index in [0.717, 1.165) is 16.0 Å². The van der Waals surface area contributed by atoms with E-state index >= 15 is 0 Å². The smallest absolute Gasteiger partial charge is 0.409 e. The lowest BCUT2D eigenvalue weighted by Crippen LogP contribution is -2.63. The molecule has 4 aliphatic rings. The number of hydrogen-bond acceptors (Lipinski definition) is 16. The highest BCUT2D eigenvalue weighted by molar-refractivity contribution is 6.35. The van der Waals surface area contributed by atoms with E-state index in [1.807, 2.05) is 39.0 Å². The molecule has 1 unspecified atom stereocenters. The molecule has 422 valence electrons. The molecule has 6 amide bonds. The molecule has 4 bridgehead atoms. The number of rotatable bonds is 24. The summed E-state index contributed by atoms with van der Waals surface area (Å²) in [7, 11) is 4.59. The molecule has 1 aliphatic carbocycles. The first-order valence-corrected chi connectivity index (χ1v) is 26.6. The number of imide groups is 1. The normalized spacial score (nSPS) is 26.5. The number of carbonyl (C=O) groups excluding carboxylic acids is 7. The Bertz CT molecular complexity index is 2220. The first-order valence-electron chi connectivity index (χ1n) is 26.2. The molecule has 1 saturated heterocycles. The average molecular weight is 1090 g/mol. The van der Waals surface area contributed by atoms with Crippen LogP contribution in [0.2, 0.25) is 5.02 Å². The molecule has 0 aromatic heterocycles. The average Bonchev–Trinajstić information content (AvgIpc) is 3.71. The molecule has 5 rings (SSSR count). The van der Waals surface area contributed by atoms with Crippen LogP contribution in [0.3, 0.4) is 0 Å². The van der Waals surface area contributed by atoms with Gasteiger partial charge in [-0.2, -0.15) is 0 Å². The van der Waals surface area contributed by atoms with Crippen molar-refractivity contribution in [3.8, 4) is 5.75 Å². The summed E-state index contributed by atoms with van der Waals surface area (Å²) in [6, 6.07) is 3.65. The Kier molecular flexibility index (Phi) is 25.1. The van der Waals surface area contributed by atoms with Gasteiger partial charge in [0, 0.05) is 65.2 Å². The van der Waals surface area contributed by atoms with Crippen LogP contribution in [0.15, 0.2) is 48.1 Å². The van der Waals surface area contributed by atoms with E-state index in [-0.39, 0.29) is 92.5 Å². The standard InChI is InChI=1S/C54H78ClN5O16/c1-35-8-7-9-45(70-6)54(68)33-44(76-53(67)58-54)37(3)29-36(2)42(32-50(65)59(4)41-30-39(28-35)31-43(69-5)51(41)55)75-52(66)40-12-10-38(11-13-40)34-57-47(62)17-20-71-22-24-73-26-27-74-25-23-72-21-18-56-46(61)16-19-60-48(63)14-15-49(60)64/h7-9,14-15,30-31,36-38,40,42,44-45,68H,10-13,16-29,32-34H2,1-6H3,(H,56,61)(H,57,62)(H,58,67)/b9-7+,35-8+/t36-,37-,38?,40?,42-,44-,45?,54-/m0/s1. The van der Waals surface area contributed by atoms with E-state index in [1.54, 1.807) is 19.2 Å². The third kappa shape index (κ3) is 19.2. The molecule has 3 heterocycles.